The lowest BCUT2D eigenvalue weighted by Crippen LogP contribution is -2.48. The van der Waals surface area contributed by atoms with E-state index in [2.05, 4.69) is 6.92 Å². The number of hydrogen-bond donors (Lipinski definition) is 1. The number of amides is 1. The standard InChI is InChI=1S/C12H23NO3/c1-2-3-4-7-13-8-10-16-11(12(13)15)6-5-9-14/h11,14H,2-10H2,1H3. The summed E-state index contributed by atoms with van der Waals surface area (Å²) in [5.41, 5.74) is 0. The van der Waals surface area contributed by atoms with E-state index in [1.807, 2.05) is 4.90 Å². The van der Waals surface area contributed by atoms with Gasteiger partial charge in [0.25, 0.3) is 5.91 Å². The zero-order valence-corrected chi connectivity index (χ0v) is 10.2. The van der Waals surface area contributed by atoms with E-state index < -0.39 is 0 Å². The Morgan fingerprint density at radius 1 is 1.44 bits per heavy atom. The minimum absolute atomic E-state index is 0.107. The van der Waals surface area contributed by atoms with E-state index in [1.165, 1.54) is 12.8 Å². The second-order valence-electron chi connectivity index (χ2n) is 4.26. The van der Waals surface area contributed by atoms with Gasteiger partial charge in [-0.3, -0.25) is 4.79 Å². The summed E-state index contributed by atoms with van der Waals surface area (Å²) in [6.07, 6.45) is 4.38. The number of nitrogens with zero attached hydrogens (tertiary/aromatic N) is 1. The Morgan fingerprint density at radius 2 is 2.25 bits per heavy atom. The average molecular weight is 229 g/mol. The third kappa shape index (κ3) is 4.10. The maximum absolute atomic E-state index is 11.9. The van der Waals surface area contributed by atoms with Crippen molar-refractivity contribution in [2.24, 2.45) is 0 Å². The first kappa shape index (κ1) is 13.5. The molecule has 1 rings (SSSR count). The highest BCUT2D eigenvalue weighted by Gasteiger charge is 2.28. The molecular formula is C12H23NO3. The molecule has 0 radical (unpaired) electrons. The summed E-state index contributed by atoms with van der Waals surface area (Å²) in [6, 6.07) is 0. The van der Waals surface area contributed by atoms with Gasteiger partial charge in [0.15, 0.2) is 0 Å². The fourth-order valence-electron chi connectivity index (χ4n) is 1.95. The van der Waals surface area contributed by atoms with Crippen molar-refractivity contribution >= 4 is 5.91 Å². The summed E-state index contributed by atoms with van der Waals surface area (Å²) in [4.78, 5) is 13.8. The van der Waals surface area contributed by atoms with Gasteiger partial charge in [-0.15, -0.1) is 0 Å². The number of aliphatic hydroxyl groups excluding tert-OH is 1. The molecule has 0 spiro atoms. The fraction of sp³-hybridized carbons (Fsp3) is 0.917. The van der Waals surface area contributed by atoms with Gasteiger partial charge in [0.05, 0.1) is 6.61 Å². The number of unbranched alkanes of at least 4 members (excludes halogenated alkanes) is 2. The SMILES string of the molecule is CCCCCN1CCOC(CCCO)C1=O. The molecule has 1 heterocycles. The predicted octanol–water partition coefficient (Wildman–Crippen LogP) is 1.18. The van der Waals surface area contributed by atoms with Crippen LogP contribution in [0.25, 0.3) is 0 Å². The van der Waals surface area contributed by atoms with Gasteiger partial charge in [0, 0.05) is 19.7 Å². The molecule has 4 nitrogen and oxygen atoms in total. The largest absolute Gasteiger partial charge is 0.396 e. The fourth-order valence-corrected chi connectivity index (χ4v) is 1.95. The molecule has 0 aromatic heterocycles. The van der Waals surface area contributed by atoms with E-state index in [9.17, 15) is 4.79 Å². The molecule has 16 heavy (non-hydrogen) atoms. The number of aliphatic hydroxyl groups is 1. The quantitative estimate of drug-likeness (QED) is 0.667. The van der Waals surface area contributed by atoms with Gasteiger partial charge in [-0.25, -0.2) is 0 Å². The van der Waals surface area contributed by atoms with Crippen molar-refractivity contribution < 1.29 is 14.6 Å². The van der Waals surface area contributed by atoms with Gasteiger partial charge < -0.3 is 14.7 Å². The van der Waals surface area contributed by atoms with E-state index >= 15 is 0 Å². The van der Waals surface area contributed by atoms with Crippen molar-refractivity contribution in [3.05, 3.63) is 0 Å². The van der Waals surface area contributed by atoms with Crippen LogP contribution in [-0.4, -0.2) is 48.3 Å². The van der Waals surface area contributed by atoms with Crippen LogP contribution in [0.3, 0.4) is 0 Å². The normalized spacial score (nSPS) is 21.5. The van der Waals surface area contributed by atoms with Crippen molar-refractivity contribution in [2.75, 3.05) is 26.3 Å². The smallest absolute Gasteiger partial charge is 0.251 e. The minimum Gasteiger partial charge on any atom is -0.396 e. The second-order valence-corrected chi connectivity index (χ2v) is 4.26. The van der Waals surface area contributed by atoms with E-state index in [-0.39, 0.29) is 18.6 Å². The monoisotopic (exact) mass is 229 g/mol. The molecule has 0 bridgehead atoms. The number of ether oxygens (including phenoxy) is 1. The highest BCUT2D eigenvalue weighted by Crippen LogP contribution is 2.13. The summed E-state index contributed by atoms with van der Waals surface area (Å²) >= 11 is 0. The summed E-state index contributed by atoms with van der Waals surface area (Å²) in [5, 5.41) is 8.74. The first-order valence-electron chi connectivity index (χ1n) is 6.30. The molecule has 1 saturated heterocycles. The van der Waals surface area contributed by atoms with Crippen molar-refractivity contribution in [1.82, 2.24) is 4.90 Å². The highest BCUT2D eigenvalue weighted by atomic mass is 16.5. The summed E-state index contributed by atoms with van der Waals surface area (Å²) < 4.78 is 5.43. The number of hydrogen-bond acceptors (Lipinski definition) is 3. The van der Waals surface area contributed by atoms with E-state index in [0.29, 0.717) is 19.4 Å². The summed E-state index contributed by atoms with van der Waals surface area (Å²) in [6.45, 7) is 4.49. The first-order chi connectivity index (χ1) is 7.79. The van der Waals surface area contributed by atoms with Crippen LogP contribution in [0, 0.1) is 0 Å². The number of morpholine rings is 1. The molecule has 1 unspecified atom stereocenters. The molecule has 1 aliphatic rings. The third-order valence-corrected chi connectivity index (χ3v) is 2.92. The molecule has 4 heteroatoms. The zero-order valence-electron chi connectivity index (χ0n) is 10.2. The topological polar surface area (TPSA) is 49.8 Å². The van der Waals surface area contributed by atoms with E-state index in [1.54, 1.807) is 0 Å². The third-order valence-electron chi connectivity index (χ3n) is 2.92. The zero-order chi connectivity index (χ0) is 11.8. The summed E-state index contributed by atoms with van der Waals surface area (Å²) in [5.74, 6) is 0.107. The van der Waals surface area contributed by atoms with Gasteiger partial charge in [0.2, 0.25) is 0 Å². The maximum atomic E-state index is 11.9. The van der Waals surface area contributed by atoms with Crippen LogP contribution < -0.4 is 0 Å². The van der Waals surface area contributed by atoms with Crippen molar-refractivity contribution in [1.29, 1.82) is 0 Å². The lowest BCUT2D eigenvalue weighted by Gasteiger charge is -2.32. The van der Waals surface area contributed by atoms with E-state index in [4.69, 9.17) is 9.84 Å². The first-order valence-corrected chi connectivity index (χ1v) is 6.30. The molecule has 0 aromatic rings. The van der Waals surface area contributed by atoms with Crippen LogP contribution in [0.4, 0.5) is 0 Å². The Kier molecular flexibility index (Phi) is 6.42. The summed E-state index contributed by atoms with van der Waals surface area (Å²) in [7, 11) is 0. The Bertz CT molecular complexity index is 208. The predicted molar refractivity (Wildman–Crippen MR) is 62.2 cm³/mol. The molecule has 1 amide bonds. The van der Waals surface area contributed by atoms with E-state index in [0.717, 1.165) is 19.5 Å². The molecule has 1 atom stereocenters. The molecular weight excluding hydrogens is 206 g/mol. The number of carbonyl (C=O) groups is 1. The highest BCUT2D eigenvalue weighted by molar-refractivity contribution is 5.81. The molecule has 94 valence electrons. The van der Waals surface area contributed by atoms with Crippen LogP contribution in [0.2, 0.25) is 0 Å². The Morgan fingerprint density at radius 3 is 2.94 bits per heavy atom. The van der Waals surface area contributed by atoms with Gasteiger partial charge >= 0.3 is 0 Å². The maximum Gasteiger partial charge on any atom is 0.251 e. The molecule has 1 aliphatic heterocycles. The minimum atomic E-state index is -0.317. The van der Waals surface area contributed by atoms with Crippen LogP contribution in [-0.2, 0) is 9.53 Å². The van der Waals surface area contributed by atoms with Gasteiger partial charge in [-0.1, -0.05) is 19.8 Å². The molecule has 1 N–H and O–H groups in total. The van der Waals surface area contributed by atoms with Gasteiger partial charge in [0.1, 0.15) is 6.10 Å². The van der Waals surface area contributed by atoms with Crippen molar-refractivity contribution in [2.45, 2.75) is 45.1 Å². The average Bonchev–Trinajstić information content (AvgIpc) is 2.30. The van der Waals surface area contributed by atoms with Crippen LogP contribution in [0.15, 0.2) is 0 Å². The lowest BCUT2D eigenvalue weighted by molar-refractivity contribution is -0.153. The molecule has 0 aromatic carbocycles. The number of carbonyl (C=O) groups excluding carboxylic acids is 1. The Balaban J connectivity index is 2.32. The lowest BCUT2D eigenvalue weighted by atomic mass is 10.1. The van der Waals surface area contributed by atoms with Crippen LogP contribution in [0.1, 0.15) is 39.0 Å². The van der Waals surface area contributed by atoms with Crippen LogP contribution >= 0.6 is 0 Å². The van der Waals surface area contributed by atoms with Gasteiger partial charge in [-0.2, -0.15) is 0 Å². The molecule has 1 fully saturated rings. The second kappa shape index (κ2) is 7.63. The molecule has 0 aliphatic carbocycles. The Hall–Kier alpha value is -0.610. The van der Waals surface area contributed by atoms with Crippen LogP contribution in [0.5, 0.6) is 0 Å². The van der Waals surface area contributed by atoms with Gasteiger partial charge in [-0.05, 0) is 19.3 Å². The van der Waals surface area contributed by atoms with Crippen molar-refractivity contribution in [3.63, 3.8) is 0 Å². The number of rotatable bonds is 7. The molecule has 0 saturated carbocycles. The Labute approximate surface area is 97.6 Å². The van der Waals surface area contributed by atoms with Crippen molar-refractivity contribution in [3.8, 4) is 0 Å².